The molecule has 0 spiro atoms. The average molecular weight is 467 g/mol. The third kappa shape index (κ3) is 3.07. The van der Waals surface area contributed by atoms with Gasteiger partial charge in [0.2, 0.25) is 0 Å². The highest BCUT2D eigenvalue weighted by molar-refractivity contribution is 5.90. The van der Waals surface area contributed by atoms with Gasteiger partial charge in [0.25, 0.3) is 0 Å². The van der Waals surface area contributed by atoms with Crippen molar-refractivity contribution in [3.8, 4) is 11.1 Å². The van der Waals surface area contributed by atoms with Crippen LogP contribution in [0, 0.1) is 33.6 Å². The zero-order valence-electron chi connectivity index (χ0n) is 22.0. The normalized spacial score (nSPS) is 20.4. The summed E-state index contributed by atoms with van der Waals surface area (Å²) >= 11 is 0. The lowest BCUT2D eigenvalue weighted by Gasteiger charge is -2.38. The summed E-state index contributed by atoms with van der Waals surface area (Å²) < 4.78 is 0. The summed E-state index contributed by atoms with van der Waals surface area (Å²) in [5.41, 5.74) is 16.4. The van der Waals surface area contributed by atoms with Crippen molar-refractivity contribution in [1.29, 1.82) is 0 Å². The topological polar surface area (TPSA) is 0 Å². The smallest absolute Gasteiger partial charge is 0.0715 e. The molecule has 0 saturated carbocycles. The fourth-order valence-corrected chi connectivity index (χ4v) is 6.90. The van der Waals surface area contributed by atoms with Gasteiger partial charge in [0, 0.05) is 0 Å². The molecule has 0 aromatic heterocycles. The van der Waals surface area contributed by atoms with E-state index in [-0.39, 0.29) is 5.41 Å². The molecule has 2 aliphatic carbocycles. The van der Waals surface area contributed by atoms with Crippen LogP contribution in [0.25, 0.3) is 16.7 Å². The average Bonchev–Trinajstić information content (AvgIpc) is 3.19. The second kappa shape index (κ2) is 8.49. The largest absolute Gasteiger partial charge is 0.0836 e. The molecule has 0 aliphatic heterocycles. The summed E-state index contributed by atoms with van der Waals surface area (Å²) in [6.07, 6.45) is 5.93. The zero-order chi connectivity index (χ0) is 25.0. The summed E-state index contributed by atoms with van der Waals surface area (Å²) in [6.45, 7) is 11.5. The van der Waals surface area contributed by atoms with E-state index in [1.807, 2.05) is 0 Å². The van der Waals surface area contributed by atoms with Crippen molar-refractivity contribution < 1.29 is 0 Å². The third-order valence-electron chi connectivity index (χ3n) is 8.76. The predicted molar refractivity (Wildman–Crippen MR) is 153 cm³/mol. The van der Waals surface area contributed by atoms with E-state index < -0.39 is 0 Å². The molecule has 4 aromatic rings. The van der Waals surface area contributed by atoms with E-state index in [4.69, 9.17) is 0 Å². The molecule has 2 unspecified atom stereocenters. The highest BCUT2D eigenvalue weighted by Crippen LogP contribution is 2.59. The molecule has 0 heteroatoms. The van der Waals surface area contributed by atoms with E-state index in [0.717, 1.165) is 6.42 Å². The van der Waals surface area contributed by atoms with Gasteiger partial charge in [-0.25, -0.2) is 0 Å². The van der Waals surface area contributed by atoms with Crippen molar-refractivity contribution in [2.24, 2.45) is 5.92 Å². The predicted octanol–water partition coefficient (Wildman–Crippen LogP) is 9.28. The minimum atomic E-state index is -0.318. The van der Waals surface area contributed by atoms with E-state index in [9.17, 15) is 0 Å². The van der Waals surface area contributed by atoms with Gasteiger partial charge in [0.05, 0.1) is 5.41 Å². The molecule has 0 amide bonds. The van der Waals surface area contributed by atoms with E-state index in [0.29, 0.717) is 5.92 Å². The summed E-state index contributed by atoms with van der Waals surface area (Å²) in [4.78, 5) is 0. The minimum Gasteiger partial charge on any atom is -0.0836 e. The first kappa shape index (κ1) is 22.8. The van der Waals surface area contributed by atoms with Gasteiger partial charge in [-0.3, -0.25) is 0 Å². The highest BCUT2D eigenvalue weighted by atomic mass is 14.5. The van der Waals surface area contributed by atoms with E-state index in [1.165, 1.54) is 66.8 Å². The van der Waals surface area contributed by atoms with E-state index >= 15 is 0 Å². The molecule has 6 rings (SSSR count). The summed E-state index contributed by atoms with van der Waals surface area (Å²) in [5, 5.41) is 0. The van der Waals surface area contributed by atoms with Crippen molar-refractivity contribution >= 4 is 5.57 Å². The molecule has 0 N–H and O–H groups in total. The minimum absolute atomic E-state index is 0.318. The van der Waals surface area contributed by atoms with Crippen LogP contribution in [0.15, 0.2) is 103 Å². The maximum Gasteiger partial charge on any atom is 0.0715 e. The van der Waals surface area contributed by atoms with Crippen molar-refractivity contribution in [1.82, 2.24) is 0 Å². The maximum absolute atomic E-state index is 2.44. The molecule has 0 heterocycles. The molecule has 2 aliphatic rings. The number of fused-ring (bicyclic) bond motifs is 2. The van der Waals surface area contributed by atoms with Crippen LogP contribution in [0.2, 0.25) is 0 Å². The van der Waals surface area contributed by atoms with Crippen molar-refractivity contribution in [3.63, 3.8) is 0 Å². The van der Waals surface area contributed by atoms with Crippen LogP contribution in [-0.4, -0.2) is 0 Å². The van der Waals surface area contributed by atoms with E-state index in [1.54, 1.807) is 0 Å². The Labute approximate surface area is 216 Å². The van der Waals surface area contributed by atoms with Crippen molar-refractivity contribution in [3.05, 3.63) is 147 Å². The molecule has 0 fully saturated rings. The Bertz CT molecular complexity index is 1560. The first-order valence-corrected chi connectivity index (χ1v) is 13.2. The molecule has 2 atom stereocenters. The molecule has 0 saturated heterocycles. The van der Waals surface area contributed by atoms with Gasteiger partial charge in [-0.2, -0.15) is 0 Å². The van der Waals surface area contributed by atoms with Crippen LogP contribution >= 0.6 is 0 Å². The molecule has 178 valence electrons. The van der Waals surface area contributed by atoms with E-state index in [2.05, 4.69) is 132 Å². The van der Waals surface area contributed by atoms with Gasteiger partial charge in [-0.15, -0.1) is 0 Å². The third-order valence-corrected chi connectivity index (χ3v) is 8.76. The SMILES string of the molecule is Cc1ccccc1-c1ccc(C2(c3ccccc3C)C3=C(c4ccccc42)C(C)CC=C3)c(C)c1C. The fourth-order valence-electron chi connectivity index (χ4n) is 6.90. The lowest BCUT2D eigenvalue weighted by atomic mass is 9.63. The second-order valence-electron chi connectivity index (χ2n) is 10.7. The molecule has 0 radical (unpaired) electrons. The molecular formula is C36H34. The van der Waals surface area contributed by atoms with Crippen LogP contribution in [0.3, 0.4) is 0 Å². The van der Waals surface area contributed by atoms with Gasteiger partial charge < -0.3 is 0 Å². The Kier molecular flexibility index (Phi) is 5.38. The number of allylic oxidation sites excluding steroid dienone is 4. The Morgan fingerprint density at radius 1 is 0.583 bits per heavy atom. The second-order valence-corrected chi connectivity index (χ2v) is 10.7. The number of hydrogen-bond acceptors (Lipinski definition) is 0. The van der Waals surface area contributed by atoms with Gasteiger partial charge in [0.1, 0.15) is 0 Å². The Hall–Kier alpha value is -3.64. The Morgan fingerprint density at radius 2 is 1.22 bits per heavy atom. The van der Waals surface area contributed by atoms with Gasteiger partial charge in [0.15, 0.2) is 0 Å². The van der Waals surface area contributed by atoms with Gasteiger partial charge >= 0.3 is 0 Å². The van der Waals surface area contributed by atoms with Crippen molar-refractivity contribution in [2.75, 3.05) is 0 Å². The Balaban J connectivity index is 1.74. The lowest BCUT2D eigenvalue weighted by Crippen LogP contribution is -2.32. The standard InChI is InChI=1S/C36H34/c1-23-13-6-8-16-28(23)29-21-22-32(27(5)26(29)4)36(31-18-10-7-14-24(31)2)33-19-11-9-17-30(33)35-25(3)15-12-20-34(35)36/h6-14,16-22,25H,15H2,1-5H3. The van der Waals surface area contributed by atoms with Crippen LogP contribution in [0.1, 0.15) is 57.9 Å². The van der Waals surface area contributed by atoms with Crippen molar-refractivity contribution in [2.45, 2.75) is 46.5 Å². The zero-order valence-corrected chi connectivity index (χ0v) is 22.0. The molecular weight excluding hydrogens is 432 g/mol. The number of benzene rings is 4. The van der Waals surface area contributed by atoms with Crippen LogP contribution < -0.4 is 0 Å². The molecule has 36 heavy (non-hydrogen) atoms. The van der Waals surface area contributed by atoms with Gasteiger partial charge in [-0.1, -0.05) is 104 Å². The maximum atomic E-state index is 2.44. The lowest BCUT2D eigenvalue weighted by molar-refractivity contribution is 0.715. The molecule has 4 aromatic carbocycles. The number of hydrogen-bond donors (Lipinski definition) is 0. The summed E-state index contributed by atoms with van der Waals surface area (Å²) in [5.74, 6) is 0.504. The quantitative estimate of drug-likeness (QED) is 0.282. The Morgan fingerprint density at radius 3 is 1.94 bits per heavy atom. The molecule has 0 bridgehead atoms. The number of aryl methyl sites for hydroxylation is 2. The first-order chi connectivity index (χ1) is 17.5. The van der Waals surface area contributed by atoms with Crippen LogP contribution in [-0.2, 0) is 5.41 Å². The first-order valence-electron chi connectivity index (χ1n) is 13.2. The fraction of sp³-hybridized carbons (Fsp3) is 0.222. The molecule has 0 nitrogen and oxygen atoms in total. The summed E-state index contributed by atoms with van der Waals surface area (Å²) in [7, 11) is 0. The van der Waals surface area contributed by atoms with Crippen LogP contribution in [0.4, 0.5) is 0 Å². The summed E-state index contributed by atoms with van der Waals surface area (Å²) in [6, 6.07) is 31.7. The highest BCUT2D eigenvalue weighted by Gasteiger charge is 2.49. The number of rotatable bonds is 3. The monoisotopic (exact) mass is 466 g/mol. The van der Waals surface area contributed by atoms with Gasteiger partial charge in [-0.05, 0) is 107 Å². The van der Waals surface area contributed by atoms with Crippen LogP contribution in [0.5, 0.6) is 0 Å².